The minimum atomic E-state index is -3.26. The molecule has 0 saturated heterocycles. The normalized spacial score (nSPS) is 20.4. The minimum Gasteiger partial charge on any atom is -0.207 e. The van der Waals surface area contributed by atoms with Gasteiger partial charge in [-0.25, -0.2) is 12.7 Å². The Hall–Kier alpha value is -0.390. The predicted octanol–water partition coefficient (Wildman–Crippen LogP) is 1.63. The smallest absolute Gasteiger partial charge is 0.207 e. The summed E-state index contributed by atoms with van der Waals surface area (Å²) in [6, 6.07) is 5.49. The van der Waals surface area contributed by atoms with Crippen LogP contribution < -0.4 is 0 Å². The molecule has 0 aliphatic carbocycles. The van der Waals surface area contributed by atoms with Crippen LogP contribution >= 0.6 is 15.9 Å². The lowest BCUT2D eigenvalue weighted by Crippen LogP contribution is -2.34. The highest BCUT2D eigenvalue weighted by Gasteiger charge is 2.30. The number of likely N-dealkylation sites (N-methyl/N-ethyl adjacent to an activating group) is 1. The number of fused-ring (bicyclic) bond motifs is 1. The van der Waals surface area contributed by atoms with Crippen LogP contribution in [0.4, 0.5) is 0 Å². The van der Waals surface area contributed by atoms with Gasteiger partial charge in [0.15, 0.2) is 0 Å². The summed E-state index contributed by atoms with van der Waals surface area (Å²) in [5, 5.41) is 0. The summed E-state index contributed by atoms with van der Waals surface area (Å²) in [6.45, 7) is 0.561. The molecule has 1 aromatic rings. The Morgan fingerprint density at radius 1 is 1.43 bits per heavy atom. The molecule has 0 aromatic heterocycles. The zero-order valence-electron chi connectivity index (χ0n) is 7.70. The lowest BCUT2D eigenvalue weighted by molar-refractivity contribution is 0.456. The zero-order chi connectivity index (χ0) is 10.3. The van der Waals surface area contributed by atoms with Gasteiger partial charge in [-0.3, -0.25) is 0 Å². The first-order valence-electron chi connectivity index (χ1n) is 4.27. The monoisotopic (exact) mass is 275 g/mol. The Kier molecular flexibility index (Phi) is 2.41. The molecule has 3 nitrogen and oxygen atoms in total. The van der Waals surface area contributed by atoms with Crippen LogP contribution in [0.2, 0.25) is 0 Å². The van der Waals surface area contributed by atoms with E-state index in [1.54, 1.807) is 13.1 Å². The molecule has 1 aromatic carbocycles. The fourth-order valence-electron chi connectivity index (χ4n) is 1.59. The fourth-order valence-corrected chi connectivity index (χ4v) is 4.07. The molecule has 1 aliphatic heterocycles. The molecular formula is C9H10BrNO2S. The SMILES string of the molecule is CN1CCc2cccc(Br)c2S1(=O)=O. The molecule has 14 heavy (non-hydrogen) atoms. The molecule has 0 saturated carbocycles. The van der Waals surface area contributed by atoms with Crippen LogP contribution in [0.1, 0.15) is 5.56 Å². The highest BCUT2D eigenvalue weighted by molar-refractivity contribution is 9.10. The van der Waals surface area contributed by atoms with Crippen LogP contribution in [0.25, 0.3) is 0 Å². The molecule has 76 valence electrons. The Balaban J connectivity index is 2.74. The first-order valence-corrected chi connectivity index (χ1v) is 6.50. The number of hydrogen-bond acceptors (Lipinski definition) is 2. The molecule has 2 rings (SSSR count). The molecule has 0 N–H and O–H groups in total. The van der Waals surface area contributed by atoms with Gasteiger partial charge in [0.05, 0.1) is 4.90 Å². The van der Waals surface area contributed by atoms with Crippen molar-refractivity contribution >= 4 is 26.0 Å². The van der Waals surface area contributed by atoms with Crippen molar-refractivity contribution in [3.63, 3.8) is 0 Å². The summed E-state index contributed by atoms with van der Waals surface area (Å²) in [6.07, 6.45) is 0.782. The summed E-state index contributed by atoms with van der Waals surface area (Å²) in [5.74, 6) is 0. The first-order chi connectivity index (χ1) is 6.53. The van der Waals surface area contributed by atoms with Gasteiger partial charge in [-0.1, -0.05) is 12.1 Å². The summed E-state index contributed by atoms with van der Waals surface area (Å²) in [4.78, 5) is 0.425. The van der Waals surface area contributed by atoms with E-state index in [1.165, 1.54) is 4.31 Å². The maximum atomic E-state index is 11.9. The first kappa shape index (κ1) is 10.1. The van der Waals surface area contributed by atoms with E-state index in [4.69, 9.17) is 0 Å². The van der Waals surface area contributed by atoms with Gasteiger partial charge in [0, 0.05) is 18.1 Å². The van der Waals surface area contributed by atoms with Gasteiger partial charge in [0.2, 0.25) is 10.0 Å². The van der Waals surface area contributed by atoms with E-state index in [9.17, 15) is 8.42 Å². The van der Waals surface area contributed by atoms with E-state index >= 15 is 0 Å². The van der Waals surface area contributed by atoms with Crippen LogP contribution in [0.15, 0.2) is 27.6 Å². The van der Waals surface area contributed by atoms with E-state index in [0.717, 1.165) is 12.0 Å². The molecule has 0 bridgehead atoms. The van der Waals surface area contributed by atoms with Crippen LogP contribution in [0.5, 0.6) is 0 Å². The zero-order valence-corrected chi connectivity index (χ0v) is 10.1. The molecule has 5 heteroatoms. The third-order valence-electron chi connectivity index (χ3n) is 2.41. The quantitative estimate of drug-likeness (QED) is 0.722. The summed E-state index contributed by atoms with van der Waals surface area (Å²) < 4.78 is 25.9. The molecule has 1 heterocycles. The Labute approximate surface area is 91.9 Å². The van der Waals surface area contributed by atoms with E-state index in [1.807, 2.05) is 12.1 Å². The van der Waals surface area contributed by atoms with Gasteiger partial charge >= 0.3 is 0 Å². The van der Waals surface area contributed by atoms with Crippen molar-refractivity contribution in [1.29, 1.82) is 0 Å². The molecule has 0 radical (unpaired) electrons. The van der Waals surface area contributed by atoms with E-state index in [-0.39, 0.29) is 0 Å². The van der Waals surface area contributed by atoms with E-state index in [0.29, 0.717) is 15.9 Å². The maximum absolute atomic E-state index is 11.9. The molecule has 0 fully saturated rings. The summed E-state index contributed by atoms with van der Waals surface area (Å²) >= 11 is 3.28. The predicted molar refractivity (Wildman–Crippen MR) is 57.7 cm³/mol. The Morgan fingerprint density at radius 2 is 2.14 bits per heavy atom. The van der Waals surface area contributed by atoms with E-state index < -0.39 is 10.0 Å². The van der Waals surface area contributed by atoms with Crippen molar-refractivity contribution in [1.82, 2.24) is 4.31 Å². The molecule has 0 amide bonds. The lowest BCUT2D eigenvalue weighted by Gasteiger charge is -2.25. The Morgan fingerprint density at radius 3 is 2.86 bits per heavy atom. The average Bonchev–Trinajstić information content (AvgIpc) is 2.11. The number of nitrogens with zero attached hydrogens (tertiary/aromatic N) is 1. The van der Waals surface area contributed by atoms with Crippen molar-refractivity contribution in [3.8, 4) is 0 Å². The molecule has 1 aliphatic rings. The van der Waals surface area contributed by atoms with Crippen LogP contribution in [-0.4, -0.2) is 26.3 Å². The minimum absolute atomic E-state index is 0.425. The average molecular weight is 276 g/mol. The van der Waals surface area contributed by atoms with Gasteiger partial charge in [-0.2, -0.15) is 0 Å². The number of sulfonamides is 1. The number of benzene rings is 1. The van der Waals surface area contributed by atoms with Gasteiger partial charge < -0.3 is 0 Å². The molecule has 0 unspecified atom stereocenters. The van der Waals surface area contributed by atoms with Crippen molar-refractivity contribution in [2.45, 2.75) is 11.3 Å². The van der Waals surface area contributed by atoms with Crippen LogP contribution in [-0.2, 0) is 16.4 Å². The topological polar surface area (TPSA) is 37.4 Å². The molecule has 0 spiro atoms. The number of hydrogen-bond donors (Lipinski definition) is 0. The van der Waals surface area contributed by atoms with Crippen LogP contribution in [0, 0.1) is 0 Å². The lowest BCUT2D eigenvalue weighted by atomic mass is 10.1. The molecule has 0 atom stereocenters. The van der Waals surface area contributed by atoms with Gasteiger partial charge in [0.25, 0.3) is 0 Å². The fraction of sp³-hybridized carbons (Fsp3) is 0.333. The van der Waals surface area contributed by atoms with Crippen molar-refractivity contribution < 1.29 is 8.42 Å². The summed E-state index contributed by atoms with van der Waals surface area (Å²) in [7, 11) is -1.66. The van der Waals surface area contributed by atoms with Crippen molar-refractivity contribution in [2.75, 3.05) is 13.6 Å². The van der Waals surface area contributed by atoms with Crippen molar-refractivity contribution in [3.05, 3.63) is 28.2 Å². The highest BCUT2D eigenvalue weighted by Crippen LogP contribution is 2.31. The second kappa shape index (κ2) is 3.32. The van der Waals surface area contributed by atoms with E-state index in [2.05, 4.69) is 15.9 Å². The number of rotatable bonds is 0. The number of halogens is 1. The van der Waals surface area contributed by atoms with Gasteiger partial charge in [0.1, 0.15) is 0 Å². The summed E-state index contributed by atoms with van der Waals surface area (Å²) in [5.41, 5.74) is 0.900. The third kappa shape index (κ3) is 1.39. The second-order valence-corrected chi connectivity index (χ2v) is 6.14. The van der Waals surface area contributed by atoms with Gasteiger partial charge in [-0.05, 0) is 34.0 Å². The largest absolute Gasteiger partial charge is 0.244 e. The third-order valence-corrected chi connectivity index (χ3v) is 5.34. The van der Waals surface area contributed by atoms with Gasteiger partial charge in [-0.15, -0.1) is 0 Å². The van der Waals surface area contributed by atoms with Crippen molar-refractivity contribution in [2.24, 2.45) is 0 Å². The standard InChI is InChI=1S/C9H10BrNO2S/c1-11-6-5-7-3-2-4-8(10)9(7)14(11,12)13/h2-4H,5-6H2,1H3. The second-order valence-electron chi connectivity index (χ2n) is 3.30. The maximum Gasteiger partial charge on any atom is 0.244 e. The Bertz CT molecular complexity index is 470. The van der Waals surface area contributed by atoms with Crippen LogP contribution in [0.3, 0.4) is 0 Å². The highest BCUT2D eigenvalue weighted by atomic mass is 79.9. The molecular weight excluding hydrogens is 266 g/mol.